The SMILES string of the molecule is CC1(N)CCCCC1C(=O)N1CCCN(Cc2ccc(C(F)(F)F)cc2)CC1. The van der Waals surface area contributed by atoms with Crippen molar-refractivity contribution in [2.75, 3.05) is 26.2 Å². The third-order valence-corrected chi connectivity index (χ3v) is 6.14. The number of halogens is 3. The highest BCUT2D eigenvalue weighted by molar-refractivity contribution is 5.80. The normalized spacial score (nSPS) is 27.5. The van der Waals surface area contributed by atoms with Gasteiger partial charge in [-0.1, -0.05) is 25.0 Å². The predicted molar refractivity (Wildman–Crippen MR) is 102 cm³/mol. The van der Waals surface area contributed by atoms with Crippen molar-refractivity contribution >= 4 is 5.91 Å². The second-order valence-corrected chi connectivity index (χ2v) is 8.45. The minimum absolute atomic E-state index is 0.109. The van der Waals surface area contributed by atoms with Gasteiger partial charge in [0.1, 0.15) is 0 Å². The fourth-order valence-corrected chi connectivity index (χ4v) is 4.39. The molecule has 1 saturated carbocycles. The number of amides is 1. The zero-order valence-corrected chi connectivity index (χ0v) is 16.5. The average molecular weight is 397 g/mol. The Balaban J connectivity index is 1.57. The molecule has 2 unspecified atom stereocenters. The van der Waals surface area contributed by atoms with Crippen molar-refractivity contribution in [3.8, 4) is 0 Å². The number of hydrogen-bond acceptors (Lipinski definition) is 3. The maximum Gasteiger partial charge on any atom is 0.416 e. The van der Waals surface area contributed by atoms with E-state index in [0.717, 1.165) is 69.4 Å². The van der Waals surface area contributed by atoms with Gasteiger partial charge in [0, 0.05) is 38.3 Å². The zero-order valence-electron chi connectivity index (χ0n) is 16.5. The van der Waals surface area contributed by atoms with E-state index in [9.17, 15) is 18.0 Å². The molecule has 28 heavy (non-hydrogen) atoms. The lowest BCUT2D eigenvalue weighted by Crippen LogP contribution is -2.54. The van der Waals surface area contributed by atoms with E-state index in [-0.39, 0.29) is 11.8 Å². The second kappa shape index (κ2) is 8.41. The van der Waals surface area contributed by atoms with Crippen LogP contribution in [0.2, 0.25) is 0 Å². The van der Waals surface area contributed by atoms with Crippen LogP contribution in [0.5, 0.6) is 0 Å². The van der Waals surface area contributed by atoms with Crippen LogP contribution in [0.25, 0.3) is 0 Å². The van der Waals surface area contributed by atoms with Gasteiger partial charge in [0.05, 0.1) is 11.5 Å². The standard InChI is InChI=1S/C21H30F3N3O/c1-20(25)10-3-2-5-18(20)19(28)27-12-4-11-26(13-14-27)15-16-6-8-17(9-7-16)21(22,23)24/h6-9,18H,2-5,10-15,25H2,1H3. The molecule has 1 saturated heterocycles. The van der Waals surface area contributed by atoms with Crippen molar-refractivity contribution in [1.29, 1.82) is 0 Å². The summed E-state index contributed by atoms with van der Waals surface area (Å²) in [6, 6.07) is 5.35. The minimum Gasteiger partial charge on any atom is -0.341 e. The van der Waals surface area contributed by atoms with Crippen LogP contribution in [0, 0.1) is 5.92 Å². The molecule has 2 N–H and O–H groups in total. The minimum atomic E-state index is -4.31. The Labute approximate surface area is 164 Å². The van der Waals surface area contributed by atoms with Crippen LogP contribution >= 0.6 is 0 Å². The summed E-state index contributed by atoms with van der Waals surface area (Å²) in [5.74, 6) is 0.0591. The number of rotatable bonds is 3. The van der Waals surface area contributed by atoms with Gasteiger partial charge in [0.2, 0.25) is 5.91 Å². The van der Waals surface area contributed by atoms with Gasteiger partial charge in [-0.05, 0) is 43.9 Å². The molecule has 2 aliphatic rings. The van der Waals surface area contributed by atoms with Crippen molar-refractivity contribution in [3.05, 3.63) is 35.4 Å². The summed E-state index contributed by atoms with van der Waals surface area (Å²) >= 11 is 0. The average Bonchev–Trinajstić information content (AvgIpc) is 2.86. The lowest BCUT2D eigenvalue weighted by Gasteiger charge is -2.39. The fourth-order valence-electron chi connectivity index (χ4n) is 4.39. The van der Waals surface area contributed by atoms with Crippen molar-refractivity contribution in [2.24, 2.45) is 11.7 Å². The summed E-state index contributed by atoms with van der Waals surface area (Å²) in [5.41, 5.74) is 6.21. The van der Waals surface area contributed by atoms with Gasteiger partial charge in [-0.3, -0.25) is 9.69 Å². The first-order chi connectivity index (χ1) is 13.2. The quantitative estimate of drug-likeness (QED) is 0.847. The highest BCUT2D eigenvalue weighted by atomic mass is 19.4. The first-order valence-electron chi connectivity index (χ1n) is 10.1. The molecule has 3 rings (SSSR count). The Bertz CT molecular complexity index is 672. The smallest absolute Gasteiger partial charge is 0.341 e. The summed E-state index contributed by atoms with van der Waals surface area (Å²) in [5, 5.41) is 0. The molecule has 2 atom stereocenters. The number of hydrogen-bond donors (Lipinski definition) is 1. The van der Waals surface area contributed by atoms with Crippen molar-refractivity contribution in [2.45, 2.75) is 57.3 Å². The van der Waals surface area contributed by atoms with E-state index in [1.54, 1.807) is 12.1 Å². The molecule has 1 heterocycles. The largest absolute Gasteiger partial charge is 0.416 e. The summed E-state index contributed by atoms with van der Waals surface area (Å²) < 4.78 is 38.1. The number of nitrogens with two attached hydrogens (primary N) is 1. The van der Waals surface area contributed by atoms with Crippen LogP contribution < -0.4 is 5.73 Å². The van der Waals surface area contributed by atoms with Crippen LogP contribution in [0.1, 0.15) is 50.2 Å². The van der Waals surface area contributed by atoms with E-state index in [1.807, 2.05) is 11.8 Å². The van der Waals surface area contributed by atoms with Crippen molar-refractivity contribution in [1.82, 2.24) is 9.80 Å². The van der Waals surface area contributed by atoms with E-state index in [4.69, 9.17) is 5.73 Å². The Morgan fingerprint density at radius 2 is 1.82 bits per heavy atom. The molecule has 1 amide bonds. The van der Waals surface area contributed by atoms with Gasteiger partial charge < -0.3 is 10.6 Å². The van der Waals surface area contributed by atoms with Gasteiger partial charge in [-0.15, -0.1) is 0 Å². The summed E-state index contributed by atoms with van der Waals surface area (Å²) in [4.78, 5) is 17.2. The number of carbonyl (C=O) groups excluding carboxylic acids is 1. The van der Waals surface area contributed by atoms with Gasteiger partial charge in [0.15, 0.2) is 0 Å². The Morgan fingerprint density at radius 3 is 2.46 bits per heavy atom. The van der Waals surface area contributed by atoms with Crippen LogP contribution in [0.15, 0.2) is 24.3 Å². The van der Waals surface area contributed by atoms with Crippen molar-refractivity contribution < 1.29 is 18.0 Å². The highest BCUT2D eigenvalue weighted by Crippen LogP contribution is 2.33. The zero-order chi connectivity index (χ0) is 20.4. The number of alkyl halides is 3. The van der Waals surface area contributed by atoms with Gasteiger partial charge >= 0.3 is 6.18 Å². The lowest BCUT2D eigenvalue weighted by atomic mass is 9.74. The first kappa shape index (κ1) is 21.1. The van der Waals surface area contributed by atoms with Crippen LogP contribution in [-0.4, -0.2) is 47.4 Å². The monoisotopic (exact) mass is 397 g/mol. The maximum atomic E-state index is 13.0. The third-order valence-electron chi connectivity index (χ3n) is 6.14. The van der Waals surface area contributed by atoms with Gasteiger partial charge in [-0.2, -0.15) is 13.2 Å². The Hall–Kier alpha value is -1.60. The third kappa shape index (κ3) is 5.06. The van der Waals surface area contributed by atoms with E-state index in [0.29, 0.717) is 13.1 Å². The van der Waals surface area contributed by atoms with Crippen LogP contribution in [-0.2, 0) is 17.5 Å². The first-order valence-corrected chi connectivity index (χ1v) is 10.1. The van der Waals surface area contributed by atoms with Gasteiger partial charge in [-0.25, -0.2) is 0 Å². The molecular weight excluding hydrogens is 367 g/mol. The molecule has 1 aliphatic carbocycles. The van der Waals surface area contributed by atoms with Crippen LogP contribution in [0.4, 0.5) is 13.2 Å². The summed E-state index contributed by atoms with van der Waals surface area (Å²) in [6.07, 6.45) is 0.433. The topological polar surface area (TPSA) is 49.6 Å². The molecule has 4 nitrogen and oxygen atoms in total. The molecule has 0 radical (unpaired) electrons. The Kier molecular flexibility index (Phi) is 6.34. The number of nitrogens with zero attached hydrogens (tertiary/aromatic N) is 2. The highest BCUT2D eigenvalue weighted by Gasteiger charge is 2.40. The number of carbonyl (C=O) groups is 1. The molecule has 1 aliphatic heterocycles. The fraction of sp³-hybridized carbons (Fsp3) is 0.667. The lowest BCUT2D eigenvalue weighted by molar-refractivity contribution is -0.139. The molecule has 1 aromatic rings. The molecule has 0 spiro atoms. The predicted octanol–water partition coefficient (Wildman–Crippen LogP) is 3.65. The molecular formula is C21H30F3N3O. The number of benzene rings is 1. The molecule has 0 bridgehead atoms. The van der Waals surface area contributed by atoms with E-state index in [2.05, 4.69) is 4.90 Å². The second-order valence-electron chi connectivity index (χ2n) is 8.45. The molecule has 1 aromatic carbocycles. The van der Waals surface area contributed by atoms with Crippen LogP contribution in [0.3, 0.4) is 0 Å². The van der Waals surface area contributed by atoms with E-state index < -0.39 is 17.3 Å². The summed E-state index contributed by atoms with van der Waals surface area (Å²) in [7, 11) is 0. The molecule has 0 aromatic heterocycles. The van der Waals surface area contributed by atoms with E-state index >= 15 is 0 Å². The Morgan fingerprint density at radius 1 is 1.11 bits per heavy atom. The van der Waals surface area contributed by atoms with Gasteiger partial charge in [0.25, 0.3) is 0 Å². The molecule has 2 fully saturated rings. The summed E-state index contributed by atoms with van der Waals surface area (Å²) in [6.45, 7) is 5.50. The molecule has 156 valence electrons. The molecule has 7 heteroatoms. The van der Waals surface area contributed by atoms with E-state index in [1.165, 1.54) is 0 Å². The maximum absolute atomic E-state index is 13.0. The van der Waals surface area contributed by atoms with Crippen molar-refractivity contribution in [3.63, 3.8) is 0 Å².